The van der Waals surface area contributed by atoms with E-state index in [0.717, 1.165) is 3.79 Å². The van der Waals surface area contributed by atoms with Gasteiger partial charge in [0, 0.05) is 21.2 Å². The first-order chi connectivity index (χ1) is 14.4. The van der Waals surface area contributed by atoms with E-state index in [9.17, 15) is 19.2 Å². The number of thiophene rings is 1. The Kier molecular flexibility index (Phi) is 5.68. The molecule has 1 aromatic heterocycles. The number of halogens is 2. The minimum Gasteiger partial charge on any atom is -0.451 e. The number of benzene rings is 2. The molecule has 0 atom stereocenters. The van der Waals surface area contributed by atoms with Crippen LogP contribution in [0.1, 0.15) is 41.5 Å². The zero-order valence-electron chi connectivity index (χ0n) is 15.0. The molecule has 1 heterocycles. The molecule has 1 aliphatic rings. The van der Waals surface area contributed by atoms with E-state index in [4.69, 9.17) is 4.74 Å². The van der Waals surface area contributed by atoms with Crippen molar-refractivity contribution in [3.8, 4) is 0 Å². The average Bonchev–Trinajstić information content (AvgIpc) is 3.08. The lowest BCUT2D eigenvalue weighted by atomic mass is 9.83. The van der Waals surface area contributed by atoms with Crippen molar-refractivity contribution in [2.75, 3.05) is 11.9 Å². The van der Waals surface area contributed by atoms with Crippen LogP contribution in [0.4, 0.5) is 5.69 Å². The number of anilines is 1. The summed E-state index contributed by atoms with van der Waals surface area (Å²) in [5.74, 6) is -1.89. The number of nitrogens with one attached hydrogen (secondary N) is 1. The lowest BCUT2D eigenvalue weighted by Gasteiger charge is -2.20. The predicted molar refractivity (Wildman–Crippen MR) is 118 cm³/mol. The largest absolute Gasteiger partial charge is 0.451 e. The van der Waals surface area contributed by atoms with E-state index in [1.54, 1.807) is 42.5 Å². The smallest absolute Gasteiger partial charge is 0.348 e. The van der Waals surface area contributed by atoms with Gasteiger partial charge in [0.2, 0.25) is 0 Å². The van der Waals surface area contributed by atoms with Crippen LogP contribution in [0, 0.1) is 0 Å². The summed E-state index contributed by atoms with van der Waals surface area (Å²) in [4.78, 5) is 50.5. The molecular weight excluding hydrogens is 538 g/mol. The summed E-state index contributed by atoms with van der Waals surface area (Å²) < 4.78 is 6.49. The van der Waals surface area contributed by atoms with E-state index in [0.29, 0.717) is 14.9 Å². The lowest BCUT2D eigenvalue weighted by molar-refractivity contribution is -0.119. The number of rotatable bonds is 4. The summed E-state index contributed by atoms with van der Waals surface area (Å²) in [5.41, 5.74) is 1.18. The molecule has 1 amide bonds. The quantitative estimate of drug-likeness (QED) is 0.368. The zero-order valence-corrected chi connectivity index (χ0v) is 19.0. The summed E-state index contributed by atoms with van der Waals surface area (Å²) in [7, 11) is 0. The van der Waals surface area contributed by atoms with Crippen molar-refractivity contribution in [2.45, 2.75) is 0 Å². The molecule has 0 saturated carbocycles. The first-order valence-electron chi connectivity index (χ1n) is 8.60. The number of ether oxygens (including phenoxy) is 1. The number of ketones is 2. The van der Waals surface area contributed by atoms with Crippen LogP contribution in [0.3, 0.4) is 0 Å². The van der Waals surface area contributed by atoms with Crippen molar-refractivity contribution in [3.05, 3.63) is 83.9 Å². The molecule has 0 aliphatic heterocycles. The molecule has 30 heavy (non-hydrogen) atoms. The lowest BCUT2D eigenvalue weighted by Crippen LogP contribution is -2.25. The Labute approximate surface area is 191 Å². The van der Waals surface area contributed by atoms with Crippen molar-refractivity contribution in [2.24, 2.45) is 0 Å². The van der Waals surface area contributed by atoms with Gasteiger partial charge in [-0.2, -0.15) is 0 Å². The number of hydrogen-bond acceptors (Lipinski definition) is 6. The third-order valence-electron chi connectivity index (χ3n) is 4.41. The normalized spacial score (nSPS) is 12.2. The van der Waals surface area contributed by atoms with Gasteiger partial charge in [0.15, 0.2) is 18.2 Å². The predicted octanol–water partition coefficient (Wildman–Crippen LogP) is 4.84. The first kappa shape index (κ1) is 20.6. The van der Waals surface area contributed by atoms with Crippen LogP contribution < -0.4 is 5.32 Å². The summed E-state index contributed by atoms with van der Waals surface area (Å²) in [6.07, 6.45) is 0. The Morgan fingerprint density at radius 3 is 2.27 bits per heavy atom. The van der Waals surface area contributed by atoms with Gasteiger partial charge < -0.3 is 10.1 Å². The molecule has 3 aromatic rings. The molecule has 0 bridgehead atoms. The van der Waals surface area contributed by atoms with E-state index in [-0.39, 0.29) is 33.9 Å². The van der Waals surface area contributed by atoms with Gasteiger partial charge in [-0.15, -0.1) is 11.3 Å². The van der Waals surface area contributed by atoms with E-state index in [1.165, 1.54) is 17.4 Å². The highest BCUT2D eigenvalue weighted by Crippen LogP contribution is 2.33. The second kappa shape index (κ2) is 8.25. The highest BCUT2D eigenvalue weighted by atomic mass is 79.9. The Balaban J connectivity index is 1.52. The fourth-order valence-corrected chi connectivity index (χ4v) is 5.01. The topological polar surface area (TPSA) is 89.5 Å². The number of carbonyl (C=O) groups excluding carboxylic acids is 4. The second-order valence-corrected chi connectivity index (χ2v) is 9.51. The van der Waals surface area contributed by atoms with Crippen molar-refractivity contribution in [1.82, 2.24) is 0 Å². The summed E-state index contributed by atoms with van der Waals surface area (Å²) in [5, 5.41) is 2.57. The molecule has 0 saturated heterocycles. The second-order valence-electron chi connectivity index (χ2n) is 6.29. The van der Waals surface area contributed by atoms with Crippen molar-refractivity contribution in [3.63, 3.8) is 0 Å². The molecule has 0 spiro atoms. The van der Waals surface area contributed by atoms with Crippen LogP contribution in [0.2, 0.25) is 0 Å². The fourth-order valence-electron chi connectivity index (χ4n) is 3.08. The van der Waals surface area contributed by atoms with E-state index in [2.05, 4.69) is 37.2 Å². The van der Waals surface area contributed by atoms with Crippen LogP contribution >= 0.6 is 43.2 Å². The van der Waals surface area contributed by atoms with Gasteiger partial charge in [0.1, 0.15) is 4.88 Å². The SMILES string of the molecule is O=C(COC(=O)c1cc(Br)c(Br)s1)Nc1cccc2c1C(=O)c1ccccc1C2=O. The van der Waals surface area contributed by atoms with Crippen LogP contribution in [0.5, 0.6) is 0 Å². The van der Waals surface area contributed by atoms with E-state index in [1.807, 2.05) is 0 Å². The maximum atomic E-state index is 12.9. The van der Waals surface area contributed by atoms with Gasteiger partial charge in [-0.3, -0.25) is 14.4 Å². The Morgan fingerprint density at radius 1 is 0.933 bits per heavy atom. The highest BCUT2D eigenvalue weighted by Gasteiger charge is 2.31. The number of fused-ring (bicyclic) bond motifs is 2. The molecule has 1 aliphatic carbocycles. The molecule has 1 N–H and O–H groups in total. The molecule has 150 valence electrons. The maximum absolute atomic E-state index is 12.9. The van der Waals surface area contributed by atoms with Crippen LogP contribution in [-0.2, 0) is 9.53 Å². The molecule has 0 unspecified atom stereocenters. The minimum absolute atomic E-state index is 0.131. The van der Waals surface area contributed by atoms with Crippen LogP contribution in [0.15, 0.2) is 56.8 Å². The number of amides is 1. The van der Waals surface area contributed by atoms with E-state index >= 15 is 0 Å². The van der Waals surface area contributed by atoms with Crippen molar-refractivity contribution < 1.29 is 23.9 Å². The van der Waals surface area contributed by atoms with E-state index < -0.39 is 18.5 Å². The minimum atomic E-state index is -0.642. The van der Waals surface area contributed by atoms with Crippen LogP contribution in [0.25, 0.3) is 0 Å². The Hall–Kier alpha value is -2.62. The molecule has 2 aromatic carbocycles. The monoisotopic (exact) mass is 547 g/mol. The summed E-state index contributed by atoms with van der Waals surface area (Å²) in [6, 6.07) is 12.8. The molecule has 4 rings (SSSR count). The molecule has 0 radical (unpaired) electrons. The molecule has 0 fully saturated rings. The highest BCUT2D eigenvalue weighted by molar-refractivity contribution is 9.13. The molecular formula is C21H11Br2NO5S. The van der Waals surface area contributed by atoms with Gasteiger partial charge in [-0.05, 0) is 44.0 Å². The third kappa shape index (κ3) is 3.76. The molecule has 9 heteroatoms. The number of hydrogen-bond donors (Lipinski definition) is 1. The summed E-state index contributed by atoms with van der Waals surface area (Å²) in [6.45, 7) is -0.533. The summed E-state index contributed by atoms with van der Waals surface area (Å²) >= 11 is 7.75. The first-order valence-corrected chi connectivity index (χ1v) is 11.0. The van der Waals surface area contributed by atoms with Gasteiger partial charge in [-0.25, -0.2) is 4.79 Å². The molecule has 6 nitrogen and oxygen atoms in total. The third-order valence-corrected chi connectivity index (χ3v) is 7.64. The Bertz CT molecular complexity index is 1210. The standard InChI is InChI=1S/C21H11Br2NO5S/c22-13-8-15(30-20(13)23)21(28)29-9-16(25)24-14-7-3-6-12-17(14)19(27)11-5-2-1-4-10(11)18(12)26/h1-8H,9H2,(H,24,25). The maximum Gasteiger partial charge on any atom is 0.348 e. The Morgan fingerprint density at radius 2 is 1.60 bits per heavy atom. The average molecular weight is 549 g/mol. The van der Waals surface area contributed by atoms with Gasteiger partial charge in [-0.1, -0.05) is 36.4 Å². The zero-order chi connectivity index (χ0) is 21.4. The van der Waals surface area contributed by atoms with Gasteiger partial charge >= 0.3 is 5.97 Å². The van der Waals surface area contributed by atoms with Crippen molar-refractivity contribution in [1.29, 1.82) is 0 Å². The van der Waals surface area contributed by atoms with Gasteiger partial charge in [0.05, 0.1) is 15.0 Å². The van der Waals surface area contributed by atoms with Crippen molar-refractivity contribution >= 4 is 72.3 Å². The number of esters is 1. The number of carbonyl (C=O) groups is 4. The van der Waals surface area contributed by atoms with Gasteiger partial charge in [0.25, 0.3) is 5.91 Å². The fraction of sp³-hybridized carbons (Fsp3) is 0.0476. The van der Waals surface area contributed by atoms with Crippen LogP contribution in [-0.4, -0.2) is 30.0 Å².